The highest BCUT2D eigenvalue weighted by molar-refractivity contribution is 5.50. The van der Waals surface area contributed by atoms with Crippen molar-refractivity contribution < 1.29 is 9.84 Å². The molecule has 2 atom stereocenters. The summed E-state index contributed by atoms with van der Waals surface area (Å²) in [5.41, 5.74) is 5.15. The fourth-order valence-electron chi connectivity index (χ4n) is 4.98. The van der Waals surface area contributed by atoms with Crippen molar-refractivity contribution in [3.8, 4) is 11.5 Å². The highest BCUT2D eigenvalue weighted by Crippen LogP contribution is 2.46. The van der Waals surface area contributed by atoms with Gasteiger partial charge in [-0.1, -0.05) is 60.7 Å². The number of hydrogen-bond donors (Lipinski definition) is 1. The van der Waals surface area contributed by atoms with Crippen LogP contribution < -0.4 is 4.74 Å². The Morgan fingerprint density at radius 2 is 1.63 bits per heavy atom. The van der Waals surface area contributed by atoms with Gasteiger partial charge in [-0.2, -0.15) is 0 Å². The van der Waals surface area contributed by atoms with E-state index in [1.165, 1.54) is 42.6 Å². The number of rotatable bonds is 5. The van der Waals surface area contributed by atoms with Gasteiger partial charge in [0.1, 0.15) is 11.5 Å². The van der Waals surface area contributed by atoms with E-state index in [9.17, 15) is 5.11 Å². The Bertz CT molecular complexity index is 978. The summed E-state index contributed by atoms with van der Waals surface area (Å²) in [4.78, 5) is 2.57. The Kier molecular flexibility index (Phi) is 5.46. The molecule has 0 amide bonds. The highest BCUT2D eigenvalue weighted by atomic mass is 16.5. The van der Waals surface area contributed by atoms with Gasteiger partial charge in [0.25, 0.3) is 0 Å². The standard InChI is InChI=1S/C27H29NO2/c29-23-12-13-24-26(18-23)30-19-25(21-6-2-1-3-7-21)27(24)22-10-8-20(9-11-22)14-17-28-15-4-5-16-28/h1-3,6-13,18,25,27,29H,4-5,14-17,19H2/t25-,27-/m1/s1. The Hall–Kier alpha value is -2.78. The first-order valence-corrected chi connectivity index (χ1v) is 11.1. The fourth-order valence-corrected chi connectivity index (χ4v) is 4.98. The Morgan fingerprint density at radius 3 is 2.40 bits per heavy atom. The predicted octanol–water partition coefficient (Wildman–Crippen LogP) is 5.34. The molecule has 1 fully saturated rings. The smallest absolute Gasteiger partial charge is 0.126 e. The molecule has 1 N–H and O–H groups in total. The molecular weight excluding hydrogens is 370 g/mol. The molecule has 3 heteroatoms. The molecule has 3 aromatic carbocycles. The summed E-state index contributed by atoms with van der Waals surface area (Å²) in [6.07, 6.45) is 3.80. The van der Waals surface area contributed by atoms with Gasteiger partial charge in [-0.3, -0.25) is 0 Å². The van der Waals surface area contributed by atoms with E-state index in [-0.39, 0.29) is 17.6 Å². The first-order chi connectivity index (χ1) is 14.8. The van der Waals surface area contributed by atoms with Crippen LogP contribution in [-0.4, -0.2) is 36.2 Å². The third-order valence-electron chi connectivity index (χ3n) is 6.63. The van der Waals surface area contributed by atoms with E-state index in [0.29, 0.717) is 6.61 Å². The Balaban J connectivity index is 1.44. The van der Waals surface area contributed by atoms with E-state index in [0.717, 1.165) is 24.3 Å². The lowest BCUT2D eigenvalue weighted by molar-refractivity contribution is 0.248. The summed E-state index contributed by atoms with van der Waals surface area (Å²) in [5, 5.41) is 9.93. The van der Waals surface area contributed by atoms with E-state index in [4.69, 9.17) is 4.74 Å². The van der Waals surface area contributed by atoms with Crippen LogP contribution in [0, 0.1) is 0 Å². The maximum absolute atomic E-state index is 9.93. The van der Waals surface area contributed by atoms with Gasteiger partial charge in [-0.15, -0.1) is 0 Å². The van der Waals surface area contributed by atoms with Crippen LogP contribution in [0.15, 0.2) is 72.8 Å². The average molecular weight is 400 g/mol. The number of phenolic OH excluding ortho intramolecular Hbond substituents is 1. The van der Waals surface area contributed by atoms with Crippen LogP contribution in [-0.2, 0) is 6.42 Å². The number of likely N-dealkylation sites (tertiary alicyclic amines) is 1. The van der Waals surface area contributed by atoms with Crippen molar-refractivity contribution in [2.24, 2.45) is 0 Å². The van der Waals surface area contributed by atoms with E-state index < -0.39 is 0 Å². The second kappa shape index (κ2) is 8.53. The molecule has 0 aromatic heterocycles. The molecule has 1 saturated heterocycles. The van der Waals surface area contributed by atoms with Crippen molar-refractivity contribution in [1.82, 2.24) is 4.90 Å². The number of aromatic hydroxyl groups is 1. The molecule has 5 rings (SSSR count). The number of phenols is 1. The molecule has 0 radical (unpaired) electrons. The molecule has 0 saturated carbocycles. The summed E-state index contributed by atoms with van der Waals surface area (Å²) in [5.74, 6) is 1.51. The van der Waals surface area contributed by atoms with Crippen LogP contribution in [0.25, 0.3) is 0 Å². The third kappa shape index (κ3) is 3.95. The summed E-state index contributed by atoms with van der Waals surface area (Å²) in [7, 11) is 0. The molecule has 2 aliphatic rings. The van der Waals surface area contributed by atoms with Crippen molar-refractivity contribution in [3.05, 3.63) is 95.1 Å². The molecule has 0 unspecified atom stereocenters. The van der Waals surface area contributed by atoms with Crippen LogP contribution >= 0.6 is 0 Å². The van der Waals surface area contributed by atoms with Crippen molar-refractivity contribution in [2.75, 3.05) is 26.2 Å². The third-order valence-corrected chi connectivity index (χ3v) is 6.63. The zero-order valence-electron chi connectivity index (χ0n) is 17.3. The van der Waals surface area contributed by atoms with Gasteiger partial charge in [0.05, 0.1) is 6.61 Å². The SMILES string of the molecule is Oc1ccc2c(c1)OC[C@H](c1ccccc1)[C@@H]2c1ccc(CCN2CCCC2)cc1. The van der Waals surface area contributed by atoms with Crippen LogP contribution in [0.1, 0.15) is 46.9 Å². The predicted molar refractivity (Wildman–Crippen MR) is 120 cm³/mol. The first kappa shape index (κ1) is 19.2. The van der Waals surface area contributed by atoms with E-state index in [2.05, 4.69) is 59.5 Å². The zero-order chi connectivity index (χ0) is 20.3. The minimum atomic E-state index is 0.212. The van der Waals surface area contributed by atoms with Gasteiger partial charge in [-0.25, -0.2) is 0 Å². The number of ether oxygens (including phenoxy) is 1. The first-order valence-electron chi connectivity index (χ1n) is 11.1. The molecular formula is C27H29NO2. The number of benzene rings is 3. The zero-order valence-corrected chi connectivity index (χ0v) is 17.3. The van der Waals surface area contributed by atoms with E-state index in [1.54, 1.807) is 12.1 Å². The minimum Gasteiger partial charge on any atom is -0.508 e. The lowest BCUT2D eigenvalue weighted by atomic mass is 9.75. The van der Waals surface area contributed by atoms with Crippen molar-refractivity contribution in [3.63, 3.8) is 0 Å². The molecule has 2 heterocycles. The summed E-state index contributed by atoms with van der Waals surface area (Å²) in [6.45, 7) is 4.28. The maximum atomic E-state index is 9.93. The quantitative estimate of drug-likeness (QED) is 0.629. The van der Waals surface area contributed by atoms with Gasteiger partial charge in [0.15, 0.2) is 0 Å². The fraction of sp³-hybridized carbons (Fsp3) is 0.333. The Labute approximate surface area is 178 Å². The molecule has 3 aromatic rings. The Morgan fingerprint density at radius 1 is 0.867 bits per heavy atom. The molecule has 0 bridgehead atoms. The minimum absolute atomic E-state index is 0.212. The normalized spacial score (nSPS) is 21.2. The summed E-state index contributed by atoms with van der Waals surface area (Å²) in [6, 6.07) is 25.3. The topological polar surface area (TPSA) is 32.7 Å². The van der Waals surface area contributed by atoms with Crippen LogP contribution in [0.4, 0.5) is 0 Å². The van der Waals surface area contributed by atoms with Crippen LogP contribution in [0.3, 0.4) is 0 Å². The van der Waals surface area contributed by atoms with Crippen molar-refractivity contribution in [2.45, 2.75) is 31.1 Å². The molecule has 0 aliphatic carbocycles. The van der Waals surface area contributed by atoms with Crippen LogP contribution in [0.5, 0.6) is 11.5 Å². The molecule has 0 spiro atoms. The van der Waals surface area contributed by atoms with Gasteiger partial charge in [-0.05, 0) is 55.1 Å². The second-order valence-corrected chi connectivity index (χ2v) is 8.57. The average Bonchev–Trinajstić information content (AvgIpc) is 3.31. The second-order valence-electron chi connectivity index (χ2n) is 8.57. The number of nitrogens with zero attached hydrogens (tertiary/aromatic N) is 1. The lowest BCUT2D eigenvalue weighted by Gasteiger charge is -2.34. The maximum Gasteiger partial charge on any atom is 0.126 e. The van der Waals surface area contributed by atoms with Gasteiger partial charge < -0.3 is 14.7 Å². The molecule has 3 nitrogen and oxygen atoms in total. The molecule has 154 valence electrons. The summed E-state index contributed by atoms with van der Waals surface area (Å²) >= 11 is 0. The number of hydrogen-bond acceptors (Lipinski definition) is 3. The van der Waals surface area contributed by atoms with Gasteiger partial charge in [0.2, 0.25) is 0 Å². The lowest BCUT2D eigenvalue weighted by Crippen LogP contribution is -2.25. The van der Waals surface area contributed by atoms with Gasteiger partial charge >= 0.3 is 0 Å². The van der Waals surface area contributed by atoms with E-state index >= 15 is 0 Å². The van der Waals surface area contributed by atoms with Crippen molar-refractivity contribution in [1.29, 1.82) is 0 Å². The largest absolute Gasteiger partial charge is 0.508 e. The number of fused-ring (bicyclic) bond motifs is 1. The molecule has 2 aliphatic heterocycles. The molecule has 30 heavy (non-hydrogen) atoms. The van der Waals surface area contributed by atoms with Gasteiger partial charge in [0, 0.05) is 30.0 Å². The van der Waals surface area contributed by atoms with Crippen molar-refractivity contribution >= 4 is 0 Å². The van der Waals surface area contributed by atoms with E-state index in [1.807, 2.05) is 6.07 Å². The highest BCUT2D eigenvalue weighted by Gasteiger charge is 2.33. The van der Waals surface area contributed by atoms with Crippen LogP contribution in [0.2, 0.25) is 0 Å². The monoisotopic (exact) mass is 399 g/mol. The summed E-state index contributed by atoms with van der Waals surface area (Å²) < 4.78 is 6.08.